The summed E-state index contributed by atoms with van der Waals surface area (Å²) in [6.45, 7) is 3.42. The molecule has 4 nitrogen and oxygen atoms in total. The average molecular weight is 195 g/mol. The van der Waals surface area contributed by atoms with Crippen molar-refractivity contribution in [2.24, 2.45) is 7.05 Å². The smallest absolute Gasteiger partial charge is 0.337 e. The van der Waals surface area contributed by atoms with Crippen LogP contribution in [0.2, 0.25) is 0 Å². The van der Waals surface area contributed by atoms with E-state index in [1.165, 1.54) is 6.20 Å². The summed E-state index contributed by atoms with van der Waals surface area (Å²) in [7, 11) is 1.68. The molecule has 76 valence electrons. The first-order valence-corrected chi connectivity index (χ1v) is 4.41. The quantitative estimate of drug-likeness (QED) is 0.745. The lowest BCUT2D eigenvalue weighted by Crippen LogP contribution is -2.05. The number of hydrogen-bond acceptors (Lipinski definition) is 2. The van der Waals surface area contributed by atoms with Gasteiger partial charge >= 0.3 is 5.97 Å². The van der Waals surface area contributed by atoms with Gasteiger partial charge in [-0.25, -0.2) is 4.79 Å². The van der Waals surface area contributed by atoms with E-state index in [0.29, 0.717) is 17.7 Å². The molecule has 4 heteroatoms. The fourth-order valence-corrected chi connectivity index (χ4v) is 1.54. The number of carboxylic acids is 1. The summed E-state index contributed by atoms with van der Waals surface area (Å²) < 4.78 is 1.57. The van der Waals surface area contributed by atoms with Crippen molar-refractivity contribution in [2.75, 3.05) is 0 Å². The van der Waals surface area contributed by atoms with E-state index < -0.39 is 5.97 Å². The Labute approximate surface area is 82.2 Å². The summed E-state index contributed by atoms with van der Waals surface area (Å²) in [6.07, 6.45) is 1.86. The van der Waals surface area contributed by atoms with Crippen LogP contribution in [-0.4, -0.2) is 21.4 Å². The van der Waals surface area contributed by atoms with Gasteiger partial charge in [0.05, 0.1) is 11.3 Å². The van der Waals surface area contributed by atoms with Gasteiger partial charge < -0.3 is 9.67 Å². The first kappa shape index (κ1) is 10.5. The highest BCUT2D eigenvalue weighted by molar-refractivity contribution is 6.00. The maximum atomic E-state index is 11.5. The molecule has 0 spiro atoms. The third-order valence-electron chi connectivity index (χ3n) is 2.25. The van der Waals surface area contributed by atoms with Gasteiger partial charge in [-0.1, -0.05) is 6.92 Å². The zero-order chi connectivity index (χ0) is 10.9. The highest BCUT2D eigenvalue weighted by atomic mass is 16.4. The highest BCUT2D eigenvalue weighted by Crippen LogP contribution is 2.17. The Morgan fingerprint density at radius 3 is 2.43 bits per heavy atom. The Hall–Kier alpha value is -1.58. The van der Waals surface area contributed by atoms with Crippen LogP contribution in [0, 0.1) is 6.92 Å². The highest BCUT2D eigenvalue weighted by Gasteiger charge is 2.19. The fraction of sp³-hybridized carbons (Fsp3) is 0.400. The number of nitrogens with zero attached hydrogens (tertiary/aromatic N) is 1. The van der Waals surface area contributed by atoms with Crippen molar-refractivity contribution in [3.63, 3.8) is 0 Å². The maximum absolute atomic E-state index is 11.5. The predicted octanol–water partition coefficient (Wildman–Crippen LogP) is 1.62. The Kier molecular flexibility index (Phi) is 2.74. The molecule has 1 N–H and O–H groups in total. The van der Waals surface area contributed by atoms with Crippen LogP contribution in [0.5, 0.6) is 0 Å². The number of ketones is 1. The Bertz CT molecular complexity index is 390. The largest absolute Gasteiger partial charge is 0.478 e. The van der Waals surface area contributed by atoms with Crippen LogP contribution in [0.4, 0.5) is 0 Å². The van der Waals surface area contributed by atoms with Gasteiger partial charge in [0.25, 0.3) is 0 Å². The molecule has 1 aromatic heterocycles. The fourth-order valence-electron chi connectivity index (χ4n) is 1.54. The van der Waals surface area contributed by atoms with Gasteiger partial charge in [-0.15, -0.1) is 0 Å². The molecule has 0 amide bonds. The average Bonchev–Trinajstić information content (AvgIpc) is 2.41. The second-order valence-electron chi connectivity index (χ2n) is 3.21. The van der Waals surface area contributed by atoms with Crippen molar-refractivity contribution in [3.05, 3.63) is 23.0 Å². The van der Waals surface area contributed by atoms with E-state index in [-0.39, 0.29) is 11.3 Å². The summed E-state index contributed by atoms with van der Waals surface area (Å²) in [6, 6.07) is 0. The molecule has 0 aliphatic heterocycles. The van der Waals surface area contributed by atoms with Crippen LogP contribution in [0.3, 0.4) is 0 Å². The predicted molar refractivity (Wildman–Crippen MR) is 51.7 cm³/mol. The number of aryl methyl sites for hydroxylation is 1. The standard InChI is InChI=1S/C10H13NO3/c1-4-8(12)9-6(2)7(10(13)14)5-11(9)3/h5H,4H2,1-3H3,(H,13,14). The number of carboxylic acid groups (broad SMARTS) is 1. The number of aromatic nitrogens is 1. The van der Waals surface area contributed by atoms with Gasteiger partial charge in [0.1, 0.15) is 0 Å². The van der Waals surface area contributed by atoms with Crippen molar-refractivity contribution in [1.29, 1.82) is 0 Å². The van der Waals surface area contributed by atoms with Crippen molar-refractivity contribution >= 4 is 11.8 Å². The molecule has 1 rings (SSSR count). The first-order chi connectivity index (χ1) is 6.49. The van der Waals surface area contributed by atoms with Gasteiger partial charge in [0, 0.05) is 19.7 Å². The minimum absolute atomic E-state index is 0.0301. The topological polar surface area (TPSA) is 59.3 Å². The number of carbonyl (C=O) groups excluding carboxylic acids is 1. The number of rotatable bonds is 3. The summed E-state index contributed by atoms with van der Waals surface area (Å²) in [5.74, 6) is -1.02. The molecule has 0 aliphatic carbocycles. The summed E-state index contributed by atoms with van der Waals surface area (Å²) in [4.78, 5) is 22.3. The van der Waals surface area contributed by atoms with E-state index in [1.807, 2.05) is 0 Å². The third kappa shape index (κ3) is 1.55. The number of Topliss-reactive ketones (excluding diaryl/α,β-unsaturated/α-hetero) is 1. The molecular weight excluding hydrogens is 182 g/mol. The minimum Gasteiger partial charge on any atom is -0.478 e. The van der Waals surface area contributed by atoms with E-state index >= 15 is 0 Å². The molecule has 0 fully saturated rings. The number of hydrogen-bond donors (Lipinski definition) is 1. The van der Waals surface area contributed by atoms with E-state index in [4.69, 9.17) is 5.11 Å². The molecule has 1 heterocycles. The minimum atomic E-state index is -0.992. The number of aromatic carboxylic acids is 1. The molecule has 0 saturated heterocycles. The summed E-state index contributed by atoms with van der Waals surface area (Å²) in [5.41, 5.74) is 1.24. The second-order valence-corrected chi connectivity index (χ2v) is 3.21. The van der Waals surface area contributed by atoms with Crippen molar-refractivity contribution in [1.82, 2.24) is 4.57 Å². The molecule has 0 saturated carbocycles. The monoisotopic (exact) mass is 195 g/mol. The SMILES string of the molecule is CCC(=O)c1c(C)c(C(=O)O)cn1C. The second kappa shape index (κ2) is 3.65. The van der Waals surface area contributed by atoms with Crippen molar-refractivity contribution < 1.29 is 14.7 Å². The van der Waals surface area contributed by atoms with Gasteiger partial charge in [-0.3, -0.25) is 4.79 Å². The third-order valence-corrected chi connectivity index (χ3v) is 2.25. The van der Waals surface area contributed by atoms with Crippen LogP contribution < -0.4 is 0 Å². The maximum Gasteiger partial charge on any atom is 0.337 e. The molecule has 14 heavy (non-hydrogen) atoms. The van der Waals surface area contributed by atoms with Crippen LogP contribution >= 0.6 is 0 Å². The molecular formula is C10H13NO3. The molecule has 0 atom stereocenters. The normalized spacial score (nSPS) is 10.2. The zero-order valence-corrected chi connectivity index (χ0v) is 8.50. The zero-order valence-electron chi connectivity index (χ0n) is 8.50. The lowest BCUT2D eigenvalue weighted by atomic mass is 10.1. The molecule has 0 aliphatic rings. The lowest BCUT2D eigenvalue weighted by Gasteiger charge is -2.00. The van der Waals surface area contributed by atoms with Gasteiger partial charge in [0.2, 0.25) is 0 Å². The van der Waals surface area contributed by atoms with Gasteiger partial charge in [-0.2, -0.15) is 0 Å². The van der Waals surface area contributed by atoms with Crippen LogP contribution in [0.15, 0.2) is 6.20 Å². The Balaban J connectivity index is 3.31. The van der Waals surface area contributed by atoms with Crippen molar-refractivity contribution in [3.8, 4) is 0 Å². The van der Waals surface area contributed by atoms with E-state index in [2.05, 4.69) is 0 Å². The van der Waals surface area contributed by atoms with Gasteiger partial charge in [-0.05, 0) is 12.5 Å². The van der Waals surface area contributed by atoms with E-state index in [9.17, 15) is 9.59 Å². The van der Waals surface area contributed by atoms with Crippen LogP contribution in [0.25, 0.3) is 0 Å². The first-order valence-electron chi connectivity index (χ1n) is 4.41. The summed E-state index contributed by atoms with van der Waals surface area (Å²) in [5, 5.41) is 8.83. The molecule has 0 unspecified atom stereocenters. The number of carbonyl (C=O) groups is 2. The van der Waals surface area contributed by atoms with E-state index in [0.717, 1.165) is 0 Å². The molecule has 1 aromatic rings. The lowest BCUT2D eigenvalue weighted by molar-refractivity contribution is 0.0696. The Morgan fingerprint density at radius 1 is 1.50 bits per heavy atom. The van der Waals surface area contributed by atoms with Crippen LogP contribution in [-0.2, 0) is 7.05 Å². The molecule has 0 aromatic carbocycles. The molecule has 0 radical (unpaired) electrons. The van der Waals surface area contributed by atoms with Crippen molar-refractivity contribution in [2.45, 2.75) is 20.3 Å². The molecule has 0 bridgehead atoms. The van der Waals surface area contributed by atoms with E-state index in [1.54, 1.807) is 25.5 Å². The Morgan fingerprint density at radius 2 is 2.07 bits per heavy atom. The summed E-state index contributed by atoms with van der Waals surface area (Å²) >= 11 is 0. The van der Waals surface area contributed by atoms with Crippen LogP contribution in [0.1, 0.15) is 39.8 Å². The van der Waals surface area contributed by atoms with Gasteiger partial charge in [0.15, 0.2) is 5.78 Å².